The second-order valence-electron chi connectivity index (χ2n) is 3.88. The first-order valence-electron chi connectivity index (χ1n) is 5.19. The van der Waals surface area contributed by atoms with Crippen molar-refractivity contribution in [1.29, 1.82) is 0 Å². The fourth-order valence-electron chi connectivity index (χ4n) is 1.68. The quantitative estimate of drug-likeness (QED) is 0.717. The summed E-state index contributed by atoms with van der Waals surface area (Å²) in [7, 11) is -2.70. The molecule has 14 heavy (non-hydrogen) atoms. The number of sulfone groups is 1. The Labute approximate surface area is 86.3 Å². The van der Waals surface area contributed by atoms with Gasteiger partial charge in [0.2, 0.25) is 0 Å². The first kappa shape index (κ1) is 11.7. The van der Waals surface area contributed by atoms with E-state index in [0.717, 1.165) is 25.7 Å². The molecule has 3 nitrogen and oxygen atoms in total. The molecule has 0 atom stereocenters. The van der Waals surface area contributed by atoms with Crippen LogP contribution in [0.4, 0.5) is 0 Å². The summed E-state index contributed by atoms with van der Waals surface area (Å²) in [6, 6.07) is 0. The summed E-state index contributed by atoms with van der Waals surface area (Å²) in [5.74, 6) is 1.32. The summed E-state index contributed by atoms with van der Waals surface area (Å²) in [5.41, 5.74) is 5.35. The highest BCUT2D eigenvalue weighted by molar-refractivity contribution is 7.91. The number of allylic oxidation sites excluding steroid dienone is 1. The lowest BCUT2D eigenvalue weighted by Gasteiger charge is -2.20. The van der Waals surface area contributed by atoms with E-state index in [2.05, 4.69) is 12.2 Å². The van der Waals surface area contributed by atoms with Crippen molar-refractivity contribution in [1.82, 2.24) is 0 Å². The molecule has 0 aromatic heterocycles. The minimum atomic E-state index is -2.70. The second-order valence-corrected chi connectivity index (χ2v) is 6.18. The van der Waals surface area contributed by atoms with Gasteiger partial charge >= 0.3 is 0 Å². The zero-order chi connectivity index (χ0) is 10.4. The topological polar surface area (TPSA) is 60.2 Å². The van der Waals surface area contributed by atoms with E-state index in [-0.39, 0.29) is 0 Å². The van der Waals surface area contributed by atoms with Gasteiger partial charge in [-0.05, 0) is 38.1 Å². The van der Waals surface area contributed by atoms with Crippen molar-refractivity contribution >= 4 is 9.84 Å². The van der Waals surface area contributed by atoms with E-state index >= 15 is 0 Å². The van der Waals surface area contributed by atoms with Gasteiger partial charge in [-0.1, -0.05) is 12.2 Å². The van der Waals surface area contributed by atoms with Crippen LogP contribution in [-0.4, -0.2) is 26.5 Å². The summed E-state index contributed by atoms with van der Waals surface area (Å²) in [6.07, 6.45) is 7.81. The minimum absolute atomic E-state index is 0.377. The molecule has 0 unspecified atom stereocenters. The van der Waals surface area contributed by atoms with Crippen LogP contribution < -0.4 is 5.73 Å². The molecule has 2 N–H and O–H groups in total. The molecule has 82 valence electrons. The van der Waals surface area contributed by atoms with Crippen LogP contribution in [0.3, 0.4) is 0 Å². The van der Waals surface area contributed by atoms with E-state index in [1.807, 2.05) is 0 Å². The Balaban J connectivity index is 2.22. The highest BCUT2D eigenvalue weighted by Gasteiger charge is 2.22. The third kappa shape index (κ3) is 4.24. The van der Waals surface area contributed by atoms with Gasteiger partial charge in [0.15, 0.2) is 0 Å². The molecule has 0 amide bonds. The maximum atomic E-state index is 11.1. The largest absolute Gasteiger partial charge is 0.330 e. The average Bonchev–Trinajstić information content (AvgIpc) is 2.15. The lowest BCUT2D eigenvalue weighted by atomic mass is 9.99. The molecule has 1 aliphatic rings. The van der Waals surface area contributed by atoms with Crippen LogP contribution in [0.25, 0.3) is 0 Å². The molecule has 1 saturated heterocycles. The Morgan fingerprint density at radius 2 is 1.86 bits per heavy atom. The normalized spacial score (nSPS) is 22.9. The SMILES string of the molecule is NCC/C=C\CC1CCS(=O)(=O)CC1. The van der Waals surface area contributed by atoms with Gasteiger partial charge in [-0.25, -0.2) is 8.42 Å². The molecule has 0 aromatic carbocycles. The molecule has 0 radical (unpaired) electrons. The molecule has 0 aromatic rings. The van der Waals surface area contributed by atoms with Gasteiger partial charge in [-0.15, -0.1) is 0 Å². The van der Waals surface area contributed by atoms with Crippen molar-refractivity contribution < 1.29 is 8.42 Å². The summed E-state index contributed by atoms with van der Waals surface area (Å²) in [5, 5.41) is 0. The van der Waals surface area contributed by atoms with Crippen molar-refractivity contribution in [3.63, 3.8) is 0 Å². The Hall–Kier alpha value is -0.350. The predicted molar refractivity (Wildman–Crippen MR) is 58.8 cm³/mol. The van der Waals surface area contributed by atoms with Gasteiger partial charge < -0.3 is 5.73 Å². The maximum absolute atomic E-state index is 11.1. The van der Waals surface area contributed by atoms with Crippen LogP contribution in [0.15, 0.2) is 12.2 Å². The Morgan fingerprint density at radius 3 is 2.43 bits per heavy atom. The molecular formula is C10H19NO2S. The second kappa shape index (κ2) is 5.51. The van der Waals surface area contributed by atoms with Crippen molar-refractivity contribution in [2.24, 2.45) is 11.7 Å². The summed E-state index contributed by atoms with van der Waals surface area (Å²) >= 11 is 0. The van der Waals surface area contributed by atoms with Crippen LogP contribution >= 0.6 is 0 Å². The molecule has 1 aliphatic heterocycles. The smallest absolute Gasteiger partial charge is 0.150 e. The maximum Gasteiger partial charge on any atom is 0.150 e. The molecule has 0 saturated carbocycles. The average molecular weight is 217 g/mol. The molecular weight excluding hydrogens is 198 g/mol. The number of hydrogen-bond donors (Lipinski definition) is 1. The number of rotatable bonds is 4. The van der Waals surface area contributed by atoms with Crippen molar-refractivity contribution in [2.75, 3.05) is 18.1 Å². The Bertz CT molecular complexity index is 268. The van der Waals surface area contributed by atoms with Crippen LogP contribution in [0, 0.1) is 5.92 Å². The number of nitrogens with two attached hydrogens (primary N) is 1. The highest BCUT2D eigenvalue weighted by Crippen LogP contribution is 2.22. The molecule has 4 heteroatoms. The van der Waals surface area contributed by atoms with Crippen LogP contribution in [0.5, 0.6) is 0 Å². The van der Waals surface area contributed by atoms with Gasteiger partial charge in [-0.2, -0.15) is 0 Å². The molecule has 0 aliphatic carbocycles. The van der Waals surface area contributed by atoms with E-state index < -0.39 is 9.84 Å². The van der Waals surface area contributed by atoms with Gasteiger partial charge in [-0.3, -0.25) is 0 Å². The van der Waals surface area contributed by atoms with E-state index in [4.69, 9.17) is 5.73 Å². The van der Waals surface area contributed by atoms with E-state index in [1.165, 1.54) is 0 Å². The molecule has 0 bridgehead atoms. The summed E-state index contributed by atoms with van der Waals surface area (Å²) in [4.78, 5) is 0. The highest BCUT2D eigenvalue weighted by atomic mass is 32.2. The predicted octanol–water partition coefficient (Wildman–Crippen LogP) is 1.11. The fourth-order valence-corrected chi connectivity index (χ4v) is 3.27. The summed E-state index contributed by atoms with van der Waals surface area (Å²) < 4.78 is 22.3. The molecule has 1 rings (SSSR count). The zero-order valence-electron chi connectivity index (χ0n) is 8.48. The first-order valence-corrected chi connectivity index (χ1v) is 7.01. The van der Waals surface area contributed by atoms with Crippen molar-refractivity contribution in [3.8, 4) is 0 Å². The number of hydrogen-bond acceptors (Lipinski definition) is 3. The first-order chi connectivity index (χ1) is 6.64. The van der Waals surface area contributed by atoms with E-state index in [9.17, 15) is 8.42 Å². The van der Waals surface area contributed by atoms with Gasteiger partial charge in [0.1, 0.15) is 9.84 Å². The lowest BCUT2D eigenvalue weighted by molar-refractivity contribution is 0.469. The standard InChI is InChI=1S/C10H19NO2S/c11-7-3-1-2-4-10-5-8-14(12,13)9-6-10/h1-2,10H,3-9,11H2/b2-1-. The fraction of sp³-hybridized carbons (Fsp3) is 0.800. The third-order valence-electron chi connectivity index (χ3n) is 2.64. The monoisotopic (exact) mass is 217 g/mol. The van der Waals surface area contributed by atoms with Gasteiger partial charge in [0.25, 0.3) is 0 Å². The van der Waals surface area contributed by atoms with Crippen molar-refractivity contribution in [3.05, 3.63) is 12.2 Å². The minimum Gasteiger partial charge on any atom is -0.330 e. The lowest BCUT2D eigenvalue weighted by Crippen LogP contribution is -2.22. The summed E-state index contributed by atoms with van der Waals surface area (Å²) in [6.45, 7) is 0.690. The van der Waals surface area contributed by atoms with E-state index in [1.54, 1.807) is 0 Å². The van der Waals surface area contributed by atoms with Gasteiger partial charge in [0, 0.05) is 0 Å². The molecule has 0 spiro atoms. The molecule has 1 heterocycles. The van der Waals surface area contributed by atoms with E-state index in [0.29, 0.717) is 24.0 Å². The zero-order valence-corrected chi connectivity index (χ0v) is 9.30. The van der Waals surface area contributed by atoms with Crippen LogP contribution in [0.1, 0.15) is 25.7 Å². The molecule has 1 fully saturated rings. The Kier molecular flexibility index (Phi) is 4.62. The Morgan fingerprint density at radius 1 is 1.21 bits per heavy atom. The van der Waals surface area contributed by atoms with Crippen molar-refractivity contribution in [2.45, 2.75) is 25.7 Å². The third-order valence-corrected chi connectivity index (χ3v) is 4.36. The van der Waals surface area contributed by atoms with Crippen LogP contribution in [0.2, 0.25) is 0 Å². The van der Waals surface area contributed by atoms with Crippen LogP contribution in [-0.2, 0) is 9.84 Å². The van der Waals surface area contributed by atoms with Gasteiger partial charge in [0.05, 0.1) is 11.5 Å².